The summed E-state index contributed by atoms with van der Waals surface area (Å²) in [4.78, 5) is 2.08. The number of rotatable bonds is 8. The summed E-state index contributed by atoms with van der Waals surface area (Å²) in [6.45, 7) is 5.03. The Balaban J connectivity index is 2.25. The van der Waals surface area contributed by atoms with E-state index in [0.717, 1.165) is 25.3 Å². The fraction of sp³-hybridized carbons (Fsp3) is 0.571. The number of halogens is 2. The molecule has 0 aliphatic carbocycles. The van der Waals surface area contributed by atoms with Crippen LogP contribution in [0.2, 0.25) is 5.02 Å². The molecule has 1 N–H and O–H groups in total. The van der Waals surface area contributed by atoms with Crippen LogP contribution in [0.25, 0.3) is 0 Å². The average Bonchev–Trinajstić information content (AvgIpc) is 2.32. The van der Waals surface area contributed by atoms with Gasteiger partial charge in [-0.3, -0.25) is 0 Å². The van der Waals surface area contributed by atoms with E-state index in [2.05, 4.69) is 10.2 Å². The third kappa shape index (κ3) is 6.34. The van der Waals surface area contributed by atoms with Crippen molar-refractivity contribution >= 4 is 11.6 Å². The molecule has 5 heteroatoms. The van der Waals surface area contributed by atoms with Crippen LogP contribution in [0.15, 0.2) is 18.2 Å². The summed E-state index contributed by atoms with van der Waals surface area (Å²) >= 11 is 6.00. The lowest BCUT2D eigenvalue weighted by molar-refractivity contribution is 0.118. The van der Waals surface area contributed by atoms with Crippen LogP contribution in [0.3, 0.4) is 0 Å². The molecule has 0 aliphatic rings. The van der Waals surface area contributed by atoms with Crippen LogP contribution in [0.4, 0.5) is 4.39 Å². The van der Waals surface area contributed by atoms with Gasteiger partial charge in [-0.05, 0) is 38.7 Å². The van der Waals surface area contributed by atoms with E-state index in [9.17, 15) is 4.39 Å². The van der Waals surface area contributed by atoms with E-state index in [-0.39, 0.29) is 11.9 Å². The SMILES string of the molecule is CC(NCCOCCN(C)C)c1ccc(F)cc1Cl. The number of benzene rings is 1. The lowest BCUT2D eigenvalue weighted by atomic mass is 10.1. The van der Waals surface area contributed by atoms with Crippen LogP contribution in [0.1, 0.15) is 18.5 Å². The molecule has 1 rings (SSSR count). The van der Waals surface area contributed by atoms with Crippen LogP contribution in [-0.4, -0.2) is 45.3 Å². The molecule has 0 heterocycles. The summed E-state index contributed by atoms with van der Waals surface area (Å²) in [5, 5.41) is 3.75. The van der Waals surface area contributed by atoms with Crippen LogP contribution < -0.4 is 5.32 Å². The Kier molecular flexibility index (Phi) is 7.31. The fourth-order valence-electron chi connectivity index (χ4n) is 1.66. The number of ether oxygens (including phenoxy) is 1. The van der Waals surface area contributed by atoms with E-state index in [1.807, 2.05) is 21.0 Å². The second kappa shape index (κ2) is 8.48. The van der Waals surface area contributed by atoms with E-state index in [4.69, 9.17) is 16.3 Å². The van der Waals surface area contributed by atoms with Crippen LogP contribution in [-0.2, 0) is 4.74 Å². The molecule has 0 saturated carbocycles. The number of nitrogens with one attached hydrogen (secondary N) is 1. The number of hydrogen-bond donors (Lipinski definition) is 1. The van der Waals surface area contributed by atoms with Gasteiger partial charge in [0.1, 0.15) is 5.82 Å². The summed E-state index contributed by atoms with van der Waals surface area (Å²) in [5.41, 5.74) is 0.899. The molecule has 0 bridgehead atoms. The summed E-state index contributed by atoms with van der Waals surface area (Å²) in [5.74, 6) is -0.312. The minimum atomic E-state index is -0.312. The molecule has 0 saturated heterocycles. The lowest BCUT2D eigenvalue weighted by Crippen LogP contribution is -2.25. The maximum Gasteiger partial charge on any atom is 0.124 e. The van der Waals surface area contributed by atoms with Gasteiger partial charge in [-0.25, -0.2) is 4.39 Å². The minimum Gasteiger partial charge on any atom is -0.379 e. The van der Waals surface area contributed by atoms with Crippen LogP contribution >= 0.6 is 11.6 Å². The topological polar surface area (TPSA) is 24.5 Å². The summed E-state index contributed by atoms with van der Waals surface area (Å²) in [7, 11) is 4.03. The van der Waals surface area contributed by atoms with E-state index < -0.39 is 0 Å². The maximum absolute atomic E-state index is 12.9. The lowest BCUT2D eigenvalue weighted by Gasteiger charge is -2.16. The second-order valence-electron chi connectivity index (χ2n) is 4.76. The standard InChI is InChI=1S/C14H22ClFN2O/c1-11(13-5-4-12(16)10-14(13)15)17-6-8-19-9-7-18(2)3/h4-5,10-11,17H,6-9H2,1-3H3. The van der Waals surface area contributed by atoms with E-state index in [0.29, 0.717) is 11.6 Å². The first-order valence-electron chi connectivity index (χ1n) is 6.41. The zero-order chi connectivity index (χ0) is 14.3. The quantitative estimate of drug-likeness (QED) is 0.745. The first-order valence-corrected chi connectivity index (χ1v) is 6.79. The van der Waals surface area contributed by atoms with Gasteiger partial charge >= 0.3 is 0 Å². The first-order chi connectivity index (χ1) is 9.00. The zero-order valence-corrected chi connectivity index (χ0v) is 12.5. The second-order valence-corrected chi connectivity index (χ2v) is 5.16. The van der Waals surface area contributed by atoms with Crippen molar-refractivity contribution < 1.29 is 9.13 Å². The van der Waals surface area contributed by atoms with Crippen LogP contribution in [0, 0.1) is 5.82 Å². The van der Waals surface area contributed by atoms with Gasteiger partial charge in [-0.2, -0.15) is 0 Å². The van der Waals surface area contributed by atoms with Gasteiger partial charge < -0.3 is 15.0 Å². The molecule has 1 atom stereocenters. The molecule has 1 aromatic rings. The highest BCUT2D eigenvalue weighted by molar-refractivity contribution is 6.31. The van der Waals surface area contributed by atoms with Crippen molar-refractivity contribution in [1.82, 2.24) is 10.2 Å². The van der Waals surface area contributed by atoms with Crippen molar-refractivity contribution in [2.45, 2.75) is 13.0 Å². The summed E-state index contributed by atoms with van der Waals surface area (Å²) < 4.78 is 18.4. The van der Waals surface area contributed by atoms with Gasteiger partial charge in [-0.1, -0.05) is 17.7 Å². The van der Waals surface area contributed by atoms with Gasteiger partial charge in [0, 0.05) is 24.2 Å². The van der Waals surface area contributed by atoms with Crippen molar-refractivity contribution in [3.8, 4) is 0 Å². The third-order valence-corrected chi connectivity index (χ3v) is 3.14. The third-order valence-electron chi connectivity index (χ3n) is 2.81. The number of nitrogens with zero attached hydrogens (tertiary/aromatic N) is 1. The van der Waals surface area contributed by atoms with Crippen molar-refractivity contribution in [1.29, 1.82) is 0 Å². The Morgan fingerprint density at radius 1 is 1.37 bits per heavy atom. The molecule has 0 aliphatic heterocycles. The average molecular weight is 289 g/mol. The Morgan fingerprint density at radius 3 is 2.74 bits per heavy atom. The molecule has 0 radical (unpaired) electrons. The number of likely N-dealkylation sites (N-methyl/N-ethyl adjacent to an activating group) is 1. The molecular formula is C14H22ClFN2O. The predicted molar refractivity (Wildman–Crippen MR) is 77.2 cm³/mol. The van der Waals surface area contributed by atoms with Gasteiger partial charge in [0.15, 0.2) is 0 Å². The van der Waals surface area contributed by atoms with Gasteiger partial charge in [0.05, 0.1) is 13.2 Å². The normalized spacial score (nSPS) is 12.9. The Morgan fingerprint density at radius 2 is 2.11 bits per heavy atom. The van der Waals surface area contributed by atoms with Gasteiger partial charge in [0.2, 0.25) is 0 Å². The van der Waals surface area contributed by atoms with E-state index in [1.165, 1.54) is 12.1 Å². The van der Waals surface area contributed by atoms with Crippen molar-refractivity contribution in [2.75, 3.05) is 40.4 Å². The highest BCUT2D eigenvalue weighted by Crippen LogP contribution is 2.23. The highest BCUT2D eigenvalue weighted by atomic mass is 35.5. The van der Waals surface area contributed by atoms with Gasteiger partial charge in [-0.15, -0.1) is 0 Å². The summed E-state index contributed by atoms with van der Waals surface area (Å²) in [6.07, 6.45) is 0. The maximum atomic E-state index is 12.9. The van der Waals surface area contributed by atoms with Crippen LogP contribution in [0.5, 0.6) is 0 Å². The van der Waals surface area contributed by atoms with Gasteiger partial charge in [0.25, 0.3) is 0 Å². The molecule has 0 fully saturated rings. The van der Waals surface area contributed by atoms with Crippen molar-refractivity contribution in [3.05, 3.63) is 34.6 Å². The molecule has 1 aromatic carbocycles. The molecular weight excluding hydrogens is 267 g/mol. The largest absolute Gasteiger partial charge is 0.379 e. The van der Waals surface area contributed by atoms with Crippen molar-refractivity contribution in [2.24, 2.45) is 0 Å². The first kappa shape index (κ1) is 16.4. The minimum absolute atomic E-state index is 0.0746. The Bertz CT molecular complexity index is 388. The highest BCUT2D eigenvalue weighted by Gasteiger charge is 2.09. The predicted octanol–water partition coefficient (Wildman–Crippen LogP) is 2.71. The molecule has 108 valence electrons. The summed E-state index contributed by atoms with van der Waals surface area (Å²) in [6, 6.07) is 4.54. The Hall–Kier alpha value is -0.680. The zero-order valence-electron chi connectivity index (χ0n) is 11.7. The monoisotopic (exact) mass is 288 g/mol. The molecule has 0 aromatic heterocycles. The fourth-order valence-corrected chi connectivity index (χ4v) is 1.99. The molecule has 3 nitrogen and oxygen atoms in total. The smallest absolute Gasteiger partial charge is 0.124 e. The molecule has 1 unspecified atom stereocenters. The number of hydrogen-bond acceptors (Lipinski definition) is 3. The van der Waals surface area contributed by atoms with E-state index >= 15 is 0 Å². The van der Waals surface area contributed by atoms with E-state index in [1.54, 1.807) is 6.07 Å². The molecule has 0 spiro atoms. The van der Waals surface area contributed by atoms with Crippen molar-refractivity contribution in [3.63, 3.8) is 0 Å². The Labute approximate surface area is 119 Å². The molecule has 19 heavy (non-hydrogen) atoms. The molecule has 0 amide bonds.